The van der Waals surface area contributed by atoms with Crippen molar-refractivity contribution in [1.82, 2.24) is 5.32 Å². The minimum atomic E-state index is -0.312. The topological polar surface area (TPSA) is 66.5 Å². The Labute approximate surface area is 164 Å². The van der Waals surface area contributed by atoms with Crippen molar-refractivity contribution >= 4 is 23.4 Å². The molecule has 5 heteroatoms. The van der Waals surface area contributed by atoms with Gasteiger partial charge in [0, 0.05) is 12.1 Å². The summed E-state index contributed by atoms with van der Waals surface area (Å²) < 4.78 is 0. The van der Waals surface area contributed by atoms with Crippen LogP contribution in [0.1, 0.15) is 29.3 Å². The second-order valence-electron chi connectivity index (χ2n) is 7.39. The third-order valence-electron chi connectivity index (χ3n) is 5.54. The number of amides is 3. The second-order valence-corrected chi connectivity index (χ2v) is 7.39. The monoisotopic (exact) mass is 374 g/mol. The first-order valence-corrected chi connectivity index (χ1v) is 9.53. The zero-order valence-corrected chi connectivity index (χ0v) is 15.7. The highest BCUT2D eigenvalue weighted by Crippen LogP contribution is 2.40. The van der Waals surface area contributed by atoms with Crippen molar-refractivity contribution in [2.24, 2.45) is 17.8 Å². The lowest BCUT2D eigenvalue weighted by atomic mass is 9.78. The molecule has 0 radical (unpaired) electrons. The van der Waals surface area contributed by atoms with Crippen LogP contribution < -0.4 is 10.2 Å². The summed E-state index contributed by atoms with van der Waals surface area (Å²) in [6.07, 6.45) is 4.57. The molecule has 1 aliphatic heterocycles. The van der Waals surface area contributed by atoms with Crippen LogP contribution in [0.4, 0.5) is 5.69 Å². The second kappa shape index (κ2) is 7.43. The van der Waals surface area contributed by atoms with Gasteiger partial charge in [-0.1, -0.05) is 55.5 Å². The van der Waals surface area contributed by atoms with Crippen LogP contribution in [-0.2, 0) is 16.1 Å². The Bertz CT molecular complexity index is 951. The van der Waals surface area contributed by atoms with Gasteiger partial charge in [0.25, 0.3) is 5.91 Å². The molecular weight excluding hydrogens is 352 g/mol. The predicted molar refractivity (Wildman–Crippen MR) is 106 cm³/mol. The molecule has 2 aromatic carbocycles. The van der Waals surface area contributed by atoms with Gasteiger partial charge >= 0.3 is 0 Å². The summed E-state index contributed by atoms with van der Waals surface area (Å²) >= 11 is 0. The third kappa shape index (κ3) is 3.24. The number of carbonyl (C=O) groups is 3. The largest absolute Gasteiger partial charge is 0.348 e. The van der Waals surface area contributed by atoms with E-state index in [1.807, 2.05) is 49.4 Å². The van der Waals surface area contributed by atoms with Gasteiger partial charge in [-0.25, -0.2) is 0 Å². The Hall–Kier alpha value is -3.21. The molecule has 1 aliphatic carbocycles. The van der Waals surface area contributed by atoms with Gasteiger partial charge in [0.15, 0.2) is 0 Å². The van der Waals surface area contributed by atoms with Gasteiger partial charge in [-0.15, -0.1) is 0 Å². The third-order valence-corrected chi connectivity index (χ3v) is 5.54. The Morgan fingerprint density at radius 3 is 2.61 bits per heavy atom. The summed E-state index contributed by atoms with van der Waals surface area (Å²) in [4.78, 5) is 39.6. The van der Waals surface area contributed by atoms with E-state index in [2.05, 4.69) is 5.32 Å². The number of hydrogen-bond donors (Lipinski definition) is 1. The minimum Gasteiger partial charge on any atom is -0.348 e. The average Bonchev–Trinajstić information content (AvgIpc) is 2.98. The van der Waals surface area contributed by atoms with Gasteiger partial charge < -0.3 is 5.32 Å². The quantitative estimate of drug-likeness (QED) is 0.659. The molecule has 28 heavy (non-hydrogen) atoms. The molecule has 1 N–H and O–H groups in total. The average molecular weight is 374 g/mol. The molecule has 0 spiro atoms. The first-order chi connectivity index (χ1) is 13.6. The maximum absolute atomic E-state index is 12.9. The Kier molecular flexibility index (Phi) is 4.82. The summed E-state index contributed by atoms with van der Waals surface area (Å²) in [6.45, 7) is 2.38. The summed E-state index contributed by atoms with van der Waals surface area (Å²) in [7, 11) is 0. The number of imide groups is 1. The van der Waals surface area contributed by atoms with Gasteiger partial charge in [0.1, 0.15) is 0 Å². The first-order valence-electron chi connectivity index (χ1n) is 9.53. The highest BCUT2D eigenvalue weighted by Gasteiger charge is 2.50. The standard InChI is InChI=1S/C23H22N2O3/c1-15-7-5-12-19-20(15)23(28)25(22(19)27)18-11-6-10-17(13-18)21(26)24-14-16-8-3-2-4-9-16/h2-11,13,15,19-20H,12,14H2,1H3,(H,24,26)/t15-,19-,20+/m1/s1. The molecule has 0 aromatic heterocycles. The van der Waals surface area contributed by atoms with Crippen LogP contribution in [0.3, 0.4) is 0 Å². The van der Waals surface area contributed by atoms with E-state index in [0.29, 0.717) is 24.2 Å². The molecule has 3 amide bonds. The summed E-state index contributed by atoms with van der Waals surface area (Å²) in [5.41, 5.74) is 1.89. The number of nitrogens with zero attached hydrogens (tertiary/aromatic N) is 1. The van der Waals surface area contributed by atoms with E-state index < -0.39 is 0 Å². The van der Waals surface area contributed by atoms with Crippen LogP contribution in [0.5, 0.6) is 0 Å². The molecule has 3 atom stereocenters. The SMILES string of the molecule is C[C@@H]1C=CC[C@H]2C(=O)N(c3cccc(C(=O)NCc4ccccc4)c3)C(=O)[C@@H]12. The van der Waals surface area contributed by atoms with Crippen molar-refractivity contribution in [3.8, 4) is 0 Å². The molecule has 1 heterocycles. The number of carbonyl (C=O) groups excluding carboxylic acids is 3. The molecule has 2 aliphatic rings. The van der Waals surface area contributed by atoms with Crippen molar-refractivity contribution in [2.45, 2.75) is 19.9 Å². The highest BCUT2D eigenvalue weighted by molar-refractivity contribution is 6.22. The van der Waals surface area contributed by atoms with E-state index in [-0.39, 0.29) is 35.5 Å². The number of anilines is 1. The van der Waals surface area contributed by atoms with Gasteiger partial charge in [0.2, 0.25) is 11.8 Å². The van der Waals surface area contributed by atoms with Crippen molar-refractivity contribution in [3.05, 3.63) is 77.9 Å². The van der Waals surface area contributed by atoms with Gasteiger partial charge in [-0.05, 0) is 36.1 Å². The molecular formula is C23H22N2O3. The van der Waals surface area contributed by atoms with Crippen LogP contribution >= 0.6 is 0 Å². The summed E-state index contributed by atoms with van der Waals surface area (Å²) in [6, 6.07) is 16.4. The number of hydrogen-bond acceptors (Lipinski definition) is 3. The lowest BCUT2D eigenvalue weighted by molar-refractivity contribution is -0.122. The first kappa shape index (κ1) is 18.2. The van der Waals surface area contributed by atoms with E-state index in [9.17, 15) is 14.4 Å². The molecule has 2 aromatic rings. The molecule has 0 saturated carbocycles. The number of benzene rings is 2. The van der Waals surface area contributed by atoms with Crippen LogP contribution in [0.15, 0.2) is 66.7 Å². The number of rotatable bonds is 4. The highest BCUT2D eigenvalue weighted by atomic mass is 16.2. The van der Waals surface area contributed by atoms with Gasteiger partial charge in [-0.3, -0.25) is 19.3 Å². The van der Waals surface area contributed by atoms with E-state index >= 15 is 0 Å². The van der Waals surface area contributed by atoms with Crippen LogP contribution in [0, 0.1) is 17.8 Å². The fraction of sp³-hybridized carbons (Fsp3) is 0.261. The van der Waals surface area contributed by atoms with Crippen LogP contribution in [0.2, 0.25) is 0 Å². The summed E-state index contributed by atoms with van der Waals surface area (Å²) in [5, 5.41) is 2.88. The van der Waals surface area contributed by atoms with Crippen molar-refractivity contribution < 1.29 is 14.4 Å². The minimum absolute atomic E-state index is 0.0394. The molecule has 142 valence electrons. The molecule has 4 rings (SSSR count). The molecule has 1 fully saturated rings. The van der Waals surface area contributed by atoms with Crippen LogP contribution in [-0.4, -0.2) is 17.7 Å². The van der Waals surface area contributed by atoms with E-state index in [1.54, 1.807) is 24.3 Å². The molecule has 0 unspecified atom stereocenters. The lowest BCUT2D eigenvalue weighted by Crippen LogP contribution is -2.32. The zero-order valence-electron chi connectivity index (χ0n) is 15.7. The maximum atomic E-state index is 12.9. The smallest absolute Gasteiger partial charge is 0.251 e. The summed E-state index contributed by atoms with van der Waals surface area (Å²) in [5.74, 6) is -1.16. The predicted octanol–water partition coefficient (Wildman–Crippen LogP) is 3.32. The number of allylic oxidation sites excluding steroid dienone is 2. The van der Waals surface area contributed by atoms with Crippen molar-refractivity contribution in [3.63, 3.8) is 0 Å². The van der Waals surface area contributed by atoms with E-state index in [4.69, 9.17) is 0 Å². The Morgan fingerprint density at radius 2 is 1.86 bits per heavy atom. The molecule has 5 nitrogen and oxygen atoms in total. The van der Waals surface area contributed by atoms with Gasteiger partial charge in [-0.2, -0.15) is 0 Å². The van der Waals surface area contributed by atoms with E-state index in [1.165, 1.54) is 4.90 Å². The number of nitrogens with one attached hydrogen (secondary N) is 1. The number of fused-ring (bicyclic) bond motifs is 1. The Morgan fingerprint density at radius 1 is 1.07 bits per heavy atom. The van der Waals surface area contributed by atoms with Crippen molar-refractivity contribution in [1.29, 1.82) is 0 Å². The van der Waals surface area contributed by atoms with Crippen LogP contribution in [0.25, 0.3) is 0 Å². The zero-order chi connectivity index (χ0) is 19.7. The lowest BCUT2D eigenvalue weighted by Gasteiger charge is -2.22. The fourth-order valence-electron chi connectivity index (χ4n) is 4.07. The Balaban J connectivity index is 1.53. The van der Waals surface area contributed by atoms with Crippen molar-refractivity contribution in [2.75, 3.05) is 4.90 Å². The van der Waals surface area contributed by atoms with E-state index in [0.717, 1.165) is 5.56 Å². The molecule has 0 bridgehead atoms. The van der Waals surface area contributed by atoms with Gasteiger partial charge in [0.05, 0.1) is 17.5 Å². The normalized spacial score (nSPS) is 23.6. The maximum Gasteiger partial charge on any atom is 0.251 e. The fourth-order valence-corrected chi connectivity index (χ4v) is 4.07. The molecule has 1 saturated heterocycles.